The molecule has 0 fully saturated rings. The van der Waals surface area contributed by atoms with E-state index in [0.29, 0.717) is 38.6 Å². The molecular weight excluding hydrogens is 412 g/mol. The normalized spacial score (nSPS) is 17.9. The van der Waals surface area contributed by atoms with Gasteiger partial charge in [-0.15, -0.1) is 0 Å². The quantitative estimate of drug-likeness (QED) is 0.435. The molecule has 0 radical (unpaired) electrons. The molecule has 30 heavy (non-hydrogen) atoms. The molecule has 3 rings (SSSR count). The summed E-state index contributed by atoms with van der Waals surface area (Å²) in [7, 11) is 1.16. The van der Waals surface area contributed by atoms with Crippen molar-refractivity contribution in [3.05, 3.63) is 51.9 Å². The summed E-state index contributed by atoms with van der Waals surface area (Å²) in [4.78, 5) is 24.3. The van der Waals surface area contributed by atoms with Gasteiger partial charge < -0.3 is 19.8 Å². The fourth-order valence-electron chi connectivity index (χ4n) is 3.49. The largest absolute Gasteiger partial charge is 0.618 e. The molecule has 1 aromatic heterocycles. The number of nitrogens with zero attached hydrogens (tertiary/aromatic N) is 1. The summed E-state index contributed by atoms with van der Waals surface area (Å²) in [5.74, 6) is -0.881. The van der Waals surface area contributed by atoms with Crippen LogP contribution in [-0.4, -0.2) is 29.9 Å². The van der Waals surface area contributed by atoms with E-state index >= 15 is 0 Å². The third-order valence-corrected chi connectivity index (χ3v) is 4.94. The maximum atomic E-state index is 12.8. The van der Waals surface area contributed by atoms with Crippen LogP contribution in [-0.2, 0) is 26.3 Å². The summed E-state index contributed by atoms with van der Waals surface area (Å²) in [6.07, 6.45) is 0.928. The highest BCUT2D eigenvalue weighted by atomic mass is 35.5. The van der Waals surface area contributed by atoms with E-state index in [1.165, 1.54) is 6.20 Å². The van der Waals surface area contributed by atoms with E-state index in [2.05, 4.69) is 10.1 Å². The molecule has 0 saturated carbocycles. The average Bonchev–Trinajstić information content (AvgIpc) is 2.99. The number of esters is 1. The Morgan fingerprint density at radius 3 is 2.63 bits per heavy atom. The summed E-state index contributed by atoms with van der Waals surface area (Å²) in [6.45, 7) is 5.25. The Kier molecular flexibility index (Phi) is 5.66. The molecule has 0 aliphatic heterocycles. The highest BCUT2D eigenvalue weighted by molar-refractivity contribution is 6.31. The lowest BCUT2D eigenvalue weighted by molar-refractivity contribution is -0.620. The number of pyridine rings is 1. The maximum absolute atomic E-state index is 12.8. The summed E-state index contributed by atoms with van der Waals surface area (Å²) >= 11 is 6.14. The van der Waals surface area contributed by atoms with Crippen LogP contribution in [0.2, 0.25) is 5.02 Å². The highest BCUT2D eigenvalue weighted by Gasteiger charge is 2.52. The third-order valence-electron chi connectivity index (χ3n) is 4.71. The van der Waals surface area contributed by atoms with Gasteiger partial charge in [0.05, 0.1) is 12.8 Å². The van der Waals surface area contributed by atoms with Crippen molar-refractivity contribution in [3.63, 3.8) is 0 Å². The number of aliphatic hydroxyl groups is 1. The smallest absolute Gasteiger partial charge is 0.412 e. The second-order valence-corrected chi connectivity index (χ2v) is 8.53. The van der Waals surface area contributed by atoms with Crippen LogP contribution < -0.4 is 10.0 Å². The number of hydrogen-bond acceptors (Lipinski definition) is 6. The van der Waals surface area contributed by atoms with Crippen LogP contribution in [0.1, 0.15) is 38.4 Å². The van der Waals surface area contributed by atoms with Crippen molar-refractivity contribution in [3.8, 4) is 11.1 Å². The molecule has 0 bridgehead atoms. The summed E-state index contributed by atoms with van der Waals surface area (Å²) in [5, 5.41) is 26.5. The van der Waals surface area contributed by atoms with Crippen LogP contribution in [0.15, 0.2) is 30.5 Å². The molecule has 2 aromatic rings. The Hall–Kier alpha value is -2.84. The molecule has 0 spiro atoms. The van der Waals surface area contributed by atoms with Gasteiger partial charge in [-0.3, -0.25) is 5.32 Å². The molecule has 1 amide bonds. The van der Waals surface area contributed by atoms with Crippen LogP contribution in [0, 0.1) is 5.21 Å². The molecule has 1 aliphatic rings. The SMILES string of the molecule is COC(=O)C1(O)CCc2cc(-c3cc(Cl)ccc3NC(=O)OC(C)(C)C)c[n+]([O-])c21. The fraction of sp³-hybridized carbons (Fsp3) is 0.381. The zero-order valence-electron chi connectivity index (χ0n) is 17.1. The number of fused-ring (bicyclic) bond motifs is 1. The highest BCUT2D eigenvalue weighted by Crippen LogP contribution is 2.39. The van der Waals surface area contributed by atoms with Gasteiger partial charge in [-0.05, 0) is 51.5 Å². The van der Waals surface area contributed by atoms with E-state index in [4.69, 9.17) is 16.3 Å². The van der Waals surface area contributed by atoms with Crippen molar-refractivity contribution in [2.45, 2.75) is 44.8 Å². The molecular formula is C21H23ClN2O6. The van der Waals surface area contributed by atoms with E-state index in [0.717, 1.165) is 7.11 Å². The first-order valence-electron chi connectivity index (χ1n) is 9.32. The van der Waals surface area contributed by atoms with E-state index in [9.17, 15) is 19.9 Å². The Labute approximate surface area is 179 Å². The second-order valence-electron chi connectivity index (χ2n) is 8.10. The minimum absolute atomic E-state index is 0.0409. The van der Waals surface area contributed by atoms with E-state index in [1.807, 2.05) is 0 Å². The zero-order chi connectivity index (χ0) is 22.3. The van der Waals surface area contributed by atoms with Crippen molar-refractivity contribution in [1.29, 1.82) is 0 Å². The van der Waals surface area contributed by atoms with Gasteiger partial charge in [-0.2, -0.15) is 4.73 Å². The molecule has 1 heterocycles. The topological polar surface area (TPSA) is 112 Å². The second kappa shape index (κ2) is 7.77. The Morgan fingerprint density at radius 1 is 1.30 bits per heavy atom. The number of halogens is 1. The van der Waals surface area contributed by atoms with Crippen LogP contribution in [0.5, 0.6) is 0 Å². The summed E-state index contributed by atoms with van der Waals surface area (Å²) in [6, 6.07) is 6.51. The number of benzene rings is 1. The van der Waals surface area contributed by atoms with Crippen LogP contribution >= 0.6 is 11.6 Å². The predicted octanol–water partition coefficient (Wildman–Crippen LogP) is 3.29. The molecule has 1 atom stereocenters. The molecule has 0 saturated heterocycles. The standard InChI is InChI=1S/C21H23ClN2O6/c1-20(2,3)30-19(26)23-16-6-5-14(22)10-15(16)13-9-12-7-8-21(27,18(25)29-4)17(12)24(28)11-13/h5-6,9-11,27H,7-8H2,1-4H3,(H,23,26). The van der Waals surface area contributed by atoms with E-state index < -0.39 is 23.3 Å². The Balaban J connectivity index is 2.04. The number of anilines is 1. The van der Waals surface area contributed by atoms with Crippen molar-refractivity contribution in [1.82, 2.24) is 0 Å². The van der Waals surface area contributed by atoms with Crippen molar-refractivity contribution in [2.75, 3.05) is 12.4 Å². The van der Waals surface area contributed by atoms with Crippen LogP contribution in [0.3, 0.4) is 0 Å². The van der Waals surface area contributed by atoms with Crippen LogP contribution in [0.25, 0.3) is 11.1 Å². The van der Waals surface area contributed by atoms with Gasteiger partial charge in [-0.1, -0.05) is 11.6 Å². The lowest BCUT2D eigenvalue weighted by atomic mass is 9.99. The number of ether oxygens (including phenoxy) is 2. The number of carbonyl (C=O) groups is 2. The molecule has 1 aliphatic carbocycles. The van der Waals surface area contributed by atoms with Gasteiger partial charge in [0.1, 0.15) is 5.60 Å². The molecule has 1 unspecified atom stereocenters. The maximum Gasteiger partial charge on any atom is 0.412 e. The Morgan fingerprint density at radius 2 is 2.00 bits per heavy atom. The molecule has 1 aromatic carbocycles. The van der Waals surface area contributed by atoms with Gasteiger partial charge in [0, 0.05) is 28.1 Å². The number of aromatic nitrogens is 1. The first-order chi connectivity index (χ1) is 13.9. The van der Waals surface area contributed by atoms with Crippen molar-refractivity contribution in [2.24, 2.45) is 0 Å². The molecule has 160 valence electrons. The number of amides is 1. The summed E-state index contributed by atoms with van der Waals surface area (Å²) < 4.78 is 10.4. The minimum atomic E-state index is -1.99. The van der Waals surface area contributed by atoms with Gasteiger partial charge in [0.15, 0.2) is 6.20 Å². The summed E-state index contributed by atoms with van der Waals surface area (Å²) in [5.41, 5.74) is -0.854. The van der Waals surface area contributed by atoms with Gasteiger partial charge >= 0.3 is 12.1 Å². The first kappa shape index (κ1) is 21.9. The van der Waals surface area contributed by atoms with Crippen molar-refractivity contribution < 1.29 is 28.9 Å². The Bertz CT molecular complexity index is 1020. The first-order valence-corrected chi connectivity index (χ1v) is 9.69. The lowest BCUT2D eigenvalue weighted by Gasteiger charge is -2.21. The zero-order valence-corrected chi connectivity index (χ0v) is 17.9. The molecule has 2 N–H and O–H groups in total. The monoisotopic (exact) mass is 434 g/mol. The van der Waals surface area contributed by atoms with Gasteiger partial charge in [-0.25, -0.2) is 9.59 Å². The van der Waals surface area contributed by atoms with E-state index in [1.54, 1.807) is 45.0 Å². The third kappa shape index (κ3) is 4.20. The number of hydrogen-bond donors (Lipinski definition) is 2. The predicted molar refractivity (Wildman–Crippen MR) is 110 cm³/mol. The number of aryl methyl sites for hydroxylation is 1. The fourth-order valence-corrected chi connectivity index (χ4v) is 3.66. The van der Waals surface area contributed by atoms with Crippen molar-refractivity contribution >= 4 is 29.4 Å². The lowest BCUT2D eigenvalue weighted by Crippen LogP contribution is -2.45. The minimum Gasteiger partial charge on any atom is -0.618 e. The van der Waals surface area contributed by atoms with Gasteiger partial charge in [0.25, 0.3) is 0 Å². The molecule has 9 heteroatoms. The molecule has 8 nitrogen and oxygen atoms in total. The van der Waals surface area contributed by atoms with Crippen LogP contribution in [0.4, 0.5) is 10.5 Å². The average molecular weight is 435 g/mol. The number of rotatable bonds is 3. The van der Waals surface area contributed by atoms with E-state index in [-0.39, 0.29) is 12.1 Å². The number of nitrogens with one attached hydrogen (secondary N) is 1. The number of carbonyl (C=O) groups excluding carboxylic acids is 2. The van der Waals surface area contributed by atoms with Gasteiger partial charge in [0.2, 0.25) is 11.3 Å². The number of methoxy groups -OCH3 is 1.